The van der Waals surface area contributed by atoms with E-state index in [1.54, 1.807) is 18.5 Å². The van der Waals surface area contributed by atoms with E-state index in [1.807, 2.05) is 25.1 Å². The van der Waals surface area contributed by atoms with Crippen molar-refractivity contribution < 1.29 is 13.9 Å². The first-order valence-electron chi connectivity index (χ1n) is 9.20. The Morgan fingerprint density at radius 1 is 1.19 bits per heavy atom. The van der Waals surface area contributed by atoms with Gasteiger partial charge in [-0.2, -0.15) is 5.10 Å². The van der Waals surface area contributed by atoms with Crippen LogP contribution in [0.1, 0.15) is 36.9 Å². The van der Waals surface area contributed by atoms with Crippen molar-refractivity contribution in [3.8, 4) is 17.0 Å². The monoisotopic (exact) mass is 369 g/mol. The van der Waals surface area contributed by atoms with E-state index in [0.717, 1.165) is 22.0 Å². The molecule has 1 aliphatic rings. The lowest BCUT2D eigenvalue weighted by Gasteiger charge is -2.13. The molecule has 0 bridgehead atoms. The average Bonchev–Trinajstić information content (AvgIpc) is 2.99. The molecule has 0 spiro atoms. The van der Waals surface area contributed by atoms with Crippen LogP contribution in [0.15, 0.2) is 36.7 Å². The fourth-order valence-corrected chi connectivity index (χ4v) is 3.90. The Morgan fingerprint density at radius 3 is 2.78 bits per heavy atom. The number of pyridine rings is 1. The maximum Gasteiger partial charge on any atom is 0.248 e. The largest absolute Gasteiger partial charge is 0.507 e. The molecule has 1 aliphatic carbocycles. The predicted octanol–water partition coefficient (Wildman–Crippen LogP) is 5.07. The number of hydrogen-bond acceptors (Lipinski definition) is 4. The molecular weight excluding hydrogens is 348 g/mol. The molecule has 2 heterocycles. The smallest absolute Gasteiger partial charge is 0.248 e. The molecule has 0 unspecified atom stereocenters. The minimum atomic E-state index is -2.52. The third kappa shape index (κ3) is 3.61. The number of phenols is 1. The van der Waals surface area contributed by atoms with Gasteiger partial charge in [-0.15, -0.1) is 5.10 Å². The molecule has 1 aromatic carbocycles. The molecular formula is C21H21F2N3O. The van der Waals surface area contributed by atoms with Crippen LogP contribution in [0.5, 0.6) is 5.75 Å². The molecule has 2 aromatic heterocycles. The summed E-state index contributed by atoms with van der Waals surface area (Å²) in [6.07, 6.45) is 5.19. The van der Waals surface area contributed by atoms with Crippen LogP contribution in [0.3, 0.4) is 0 Å². The van der Waals surface area contributed by atoms with E-state index in [2.05, 4.69) is 15.2 Å². The Labute approximate surface area is 156 Å². The second-order valence-electron chi connectivity index (χ2n) is 7.44. The summed E-state index contributed by atoms with van der Waals surface area (Å²) < 4.78 is 26.8. The number of hydrogen-bond donors (Lipinski definition) is 1. The summed E-state index contributed by atoms with van der Waals surface area (Å²) >= 11 is 0. The molecule has 1 atom stereocenters. The lowest BCUT2D eigenvalue weighted by atomic mass is 9.97. The number of phenolic OH excluding ortho intramolecular Hbond substituents is 1. The molecule has 4 rings (SSSR count). The Balaban J connectivity index is 1.66. The number of rotatable bonds is 4. The molecule has 3 aromatic rings. The second-order valence-corrected chi connectivity index (χ2v) is 7.44. The molecule has 1 saturated carbocycles. The van der Waals surface area contributed by atoms with Gasteiger partial charge in [-0.05, 0) is 55.9 Å². The summed E-state index contributed by atoms with van der Waals surface area (Å²) in [6.45, 7) is 1.91. The van der Waals surface area contributed by atoms with Gasteiger partial charge in [-0.1, -0.05) is 6.07 Å². The number of benzene rings is 1. The Kier molecular flexibility index (Phi) is 4.50. The SMILES string of the molecule is Cc1ccc(-c2nnc(CC[C@H]3CCC(F)(F)C3)c3cnccc23)c(O)c1. The van der Waals surface area contributed by atoms with Crippen LogP contribution in [0.2, 0.25) is 0 Å². The van der Waals surface area contributed by atoms with Crippen LogP contribution >= 0.6 is 0 Å². The minimum absolute atomic E-state index is 0.0166. The number of aryl methyl sites for hydroxylation is 2. The van der Waals surface area contributed by atoms with Gasteiger partial charge in [0.15, 0.2) is 0 Å². The quantitative estimate of drug-likeness (QED) is 0.697. The maximum atomic E-state index is 13.4. The molecule has 0 aliphatic heterocycles. The van der Waals surface area contributed by atoms with Gasteiger partial charge in [-0.25, -0.2) is 8.78 Å². The first-order chi connectivity index (χ1) is 12.9. The van der Waals surface area contributed by atoms with E-state index in [9.17, 15) is 13.9 Å². The van der Waals surface area contributed by atoms with Crippen LogP contribution in [0.25, 0.3) is 22.0 Å². The molecule has 6 heteroatoms. The van der Waals surface area contributed by atoms with Crippen molar-refractivity contribution in [1.29, 1.82) is 0 Å². The van der Waals surface area contributed by atoms with Gasteiger partial charge in [0.2, 0.25) is 5.92 Å². The summed E-state index contributed by atoms with van der Waals surface area (Å²) in [5.74, 6) is -2.34. The van der Waals surface area contributed by atoms with E-state index >= 15 is 0 Å². The lowest BCUT2D eigenvalue weighted by molar-refractivity contribution is 0.00472. The minimum Gasteiger partial charge on any atom is -0.507 e. The summed E-state index contributed by atoms with van der Waals surface area (Å²) in [4.78, 5) is 4.20. The van der Waals surface area contributed by atoms with E-state index in [0.29, 0.717) is 30.5 Å². The van der Waals surface area contributed by atoms with Crippen molar-refractivity contribution in [1.82, 2.24) is 15.2 Å². The van der Waals surface area contributed by atoms with Gasteiger partial charge in [0.25, 0.3) is 0 Å². The standard InChI is InChI=1S/C21H21F2N3O/c1-13-2-4-16(19(27)10-13)20-15-7-9-24-12-17(15)18(25-26-20)5-3-14-6-8-21(22,23)11-14/h2,4,7,9-10,12,14,27H,3,5-6,8,11H2,1H3/t14-/m0/s1. The zero-order chi connectivity index (χ0) is 19.0. The van der Waals surface area contributed by atoms with Crippen molar-refractivity contribution in [3.05, 3.63) is 47.9 Å². The van der Waals surface area contributed by atoms with Crippen LogP contribution < -0.4 is 0 Å². The molecule has 140 valence electrons. The maximum absolute atomic E-state index is 13.4. The Bertz CT molecular complexity index is 990. The van der Waals surface area contributed by atoms with Gasteiger partial charge in [0.1, 0.15) is 11.4 Å². The van der Waals surface area contributed by atoms with Gasteiger partial charge in [0.05, 0.1) is 5.69 Å². The molecule has 0 radical (unpaired) electrons. The summed E-state index contributed by atoms with van der Waals surface area (Å²) in [7, 11) is 0. The molecule has 4 nitrogen and oxygen atoms in total. The number of halogens is 2. The van der Waals surface area contributed by atoms with Crippen molar-refractivity contribution in [2.75, 3.05) is 0 Å². The van der Waals surface area contributed by atoms with Gasteiger partial charge >= 0.3 is 0 Å². The molecule has 1 N–H and O–H groups in total. The van der Waals surface area contributed by atoms with Crippen LogP contribution in [-0.4, -0.2) is 26.2 Å². The van der Waals surface area contributed by atoms with Crippen LogP contribution in [0, 0.1) is 12.8 Å². The van der Waals surface area contributed by atoms with Crippen molar-refractivity contribution in [2.45, 2.75) is 45.0 Å². The normalized spacial score (nSPS) is 18.9. The lowest BCUT2D eigenvalue weighted by Crippen LogP contribution is -2.10. The predicted molar refractivity (Wildman–Crippen MR) is 99.8 cm³/mol. The second kappa shape index (κ2) is 6.83. The molecule has 0 saturated heterocycles. The first-order valence-corrected chi connectivity index (χ1v) is 9.20. The molecule has 27 heavy (non-hydrogen) atoms. The van der Waals surface area contributed by atoms with E-state index in [1.165, 1.54) is 0 Å². The van der Waals surface area contributed by atoms with E-state index < -0.39 is 5.92 Å². The Morgan fingerprint density at radius 2 is 2.04 bits per heavy atom. The van der Waals surface area contributed by atoms with Gasteiger partial charge in [-0.3, -0.25) is 4.98 Å². The summed E-state index contributed by atoms with van der Waals surface area (Å²) in [6, 6.07) is 7.29. The topological polar surface area (TPSA) is 58.9 Å². The zero-order valence-electron chi connectivity index (χ0n) is 15.1. The van der Waals surface area contributed by atoms with Gasteiger partial charge in [0, 0.05) is 41.6 Å². The van der Waals surface area contributed by atoms with Crippen molar-refractivity contribution in [2.24, 2.45) is 5.92 Å². The number of fused-ring (bicyclic) bond motifs is 1. The number of alkyl halides is 2. The number of nitrogens with zero attached hydrogens (tertiary/aromatic N) is 3. The number of aromatic nitrogens is 3. The fraction of sp³-hybridized carbons (Fsp3) is 0.381. The highest BCUT2D eigenvalue weighted by Gasteiger charge is 2.39. The van der Waals surface area contributed by atoms with Crippen LogP contribution in [-0.2, 0) is 6.42 Å². The highest BCUT2D eigenvalue weighted by atomic mass is 19.3. The zero-order valence-corrected chi connectivity index (χ0v) is 15.1. The summed E-state index contributed by atoms with van der Waals surface area (Å²) in [5.41, 5.74) is 2.94. The average molecular weight is 369 g/mol. The van der Waals surface area contributed by atoms with Crippen LogP contribution in [0.4, 0.5) is 8.78 Å². The fourth-order valence-electron chi connectivity index (χ4n) is 3.90. The first kappa shape index (κ1) is 17.8. The highest BCUT2D eigenvalue weighted by Crippen LogP contribution is 2.41. The highest BCUT2D eigenvalue weighted by molar-refractivity contribution is 5.96. The van der Waals surface area contributed by atoms with E-state index in [-0.39, 0.29) is 24.5 Å². The molecule has 1 fully saturated rings. The van der Waals surface area contributed by atoms with Crippen molar-refractivity contribution >= 4 is 10.8 Å². The van der Waals surface area contributed by atoms with E-state index in [4.69, 9.17) is 0 Å². The summed E-state index contributed by atoms with van der Waals surface area (Å²) in [5, 5.41) is 20.7. The third-order valence-corrected chi connectivity index (χ3v) is 5.36. The molecule has 0 amide bonds. The third-order valence-electron chi connectivity index (χ3n) is 5.36. The van der Waals surface area contributed by atoms with Gasteiger partial charge < -0.3 is 5.11 Å². The number of aromatic hydroxyl groups is 1. The van der Waals surface area contributed by atoms with Crippen molar-refractivity contribution in [3.63, 3.8) is 0 Å². The Hall–Kier alpha value is -2.63.